The minimum Gasteiger partial charge on any atom is -0.486 e. The van der Waals surface area contributed by atoms with E-state index < -0.39 is 0 Å². The first-order valence-electron chi connectivity index (χ1n) is 7.69. The van der Waals surface area contributed by atoms with Gasteiger partial charge in [0.2, 0.25) is 0 Å². The summed E-state index contributed by atoms with van der Waals surface area (Å²) in [5.41, 5.74) is 0.684. The number of fused-ring (bicyclic) bond motifs is 1. The normalized spacial score (nSPS) is 18.6. The van der Waals surface area contributed by atoms with Gasteiger partial charge in [-0.2, -0.15) is 0 Å². The summed E-state index contributed by atoms with van der Waals surface area (Å²) in [5, 5.41) is 0. The number of nitrogens with zero attached hydrogens (tertiary/aromatic N) is 2. The monoisotopic (exact) mass is 290 g/mol. The fourth-order valence-corrected chi connectivity index (χ4v) is 2.85. The zero-order valence-corrected chi connectivity index (χ0v) is 12.5. The van der Waals surface area contributed by atoms with Gasteiger partial charge >= 0.3 is 0 Å². The highest BCUT2D eigenvalue weighted by Crippen LogP contribution is 2.31. The van der Waals surface area contributed by atoms with Gasteiger partial charge in [-0.3, -0.25) is 9.69 Å². The number of hydrogen-bond donors (Lipinski definition) is 0. The van der Waals surface area contributed by atoms with E-state index in [9.17, 15) is 4.79 Å². The Labute approximate surface area is 125 Å². The molecule has 0 bridgehead atoms. The van der Waals surface area contributed by atoms with Crippen LogP contribution in [0, 0.1) is 0 Å². The molecule has 0 radical (unpaired) electrons. The van der Waals surface area contributed by atoms with E-state index >= 15 is 0 Å². The largest absolute Gasteiger partial charge is 0.486 e. The van der Waals surface area contributed by atoms with Gasteiger partial charge in [-0.25, -0.2) is 0 Å². The summed E-state index contributed by atoms with van der Waals surface area (Å²) in [4.78, 5) is 16.9. The summed E-state index contributed by atoms with van der Waals surface area (Å²) < 4.78 is 11.0. The lowest BCUT2D eigenvalue weighted by atomic mass is 10.1. The third kappa shape index (κ3) is 3.13. The van der Waals surface area contributed by atoms with Crippen LogP contribution in [-0.4, -0.2) is 61.6 Å². The lowest BCUT2D eigenvalue weighted by Crippen LogP contribution is -2.48. The molecule has 0 saturated carbocycles. The summed E-state index contributed by atoms with van der Waals surface area (Å²) in [6.45, 7) is 7.94. The zero-order chi connectivity index (χ0) is 14.7. The third-order valence-corrected chi connectivity index (χ3v) is 3.99. The molecule has 21 heavy (non-hydrogen) atoms. The van der Waals surface area contributed by atoms with E-state index in [0.29, 0.717) is 24.5 Å². The van der Waals surface area contributed by atoms with Gasteiger partial charge in [-0.05, 0) is 31.2 Å². The van der Waals surface area contributed by atoms with Gasteiger partial charge in [0, 0.05) is 31.7 Å². The predicted molar refractivity (Wildman–Crippen MR) is 80.1 cm³/mol. The fraction of sp³-hybridized carbons (Fsp3) is 0.562. The molecule has 2 aliphatic heterocycles. The highest BCUT2D eigenvalue weighted by atomic mass is 16.6. The van der Waals surface area contributed by atoms with Crippen LogP contribution in [0.3, 0.4) is 0 Å². The molecule has 2 aliphatic rings. The molecule has 1 saturated heterocycles. The van der Waals surface area contributed by atoms with E-state index in [0.717, 1.165) is 44.9 Å². The van der Waals surface area contributed by atoms with Crippen molar-refractivity contribution in [1.29, 1.82) is 0 Å². The molecule has 1 aromatic rings. The van der Waals surface area contributed by atoms with Gasteiger partial charge in [0.25, 0.3) is 5.91 Å². The molecule has 0 N–H and O–H groups in total. The van der Waals surface area contributed by atoms with E-state index in [1.165, 1.54) is 0 Å². The Bertz CT molecular complexity index is 510. The predicted octanol–water partition coefficient (Wildman–Crippen LogP) is 1.63. The molecule has 5 heteroatoms. The molecule has 1 amide bonds. The minimum atomic E-state index is 0.0862. The topological polar surface area (TPSA) is 42.0 Å². The average Bonchev–Trinajstić information content (AvgIpc) is 2.55. The molecule has 114 valence electrons. The number of carbonyl (C=O) groups excluding carboxylic acids is 1. The van der Waals surface area contributed by atoms with Crippen molar-refractivity contribution >= 4 is 5.91 Å². The maximum atomic E-state index is 12.6. The van der Waals surface area contributed by atoms with E-state index in [-0.39, 0.29) is 5.91 Å². The molecular formula is C16H22N2O3. The van der Waals surface area contributed by atoms with Crippen molar-refractivity contribution in [3.63, 3.8) is 0 Å². The van der Waals surface area contributed by atoms with Crippen LogP contribution in [0.25, 0.3) is 0 Å². The molecule has 0 spiro atoms. The van der Waals surface area contributed by atoms with Gasteiger partial charge < -0.3 is 14.4 Å². The highest BCUT2D eigenvalue weighted by Gasteiger charge is 2.23. The second-order valence-corrected chi connectivity index (χ2v) is 5.49. The van der Waals surface area contributed by atoms with Crippen molar-refractivity contribution in [2.45, 2.75) is 13.3 Å². The Morgan fingerprint density at radius 3 is 2.52 bits per heavy atom. The summed E-state index contributed by atoms with van der Waals surface area (Å²) in [6.07, 6.45) is 1.16. The standard InChI is InChI=1S/C16H22N2O3/c1-2-5-17-6-8-18(9-7-17)16(19)13-3-4-14-15(12-13)21-11-10-20-14/h3-4,12H,2,5-11H2,1H3. The summed E-state index contributed by atoms with van der Waals surface area (Å²) in [6, 6.07) is 5.46. The van der Waals surface area contributed by atoms with E-state index in [4.69, 9.17) is 9.47 Å². The number of amides is 1. The summed E-state index contributed by atoms with van der Waals surface area (Å²) in [7, 11) is 0. The maximum absolute atomic E-state index is 12.6. The van der Waals surface area contributed by atoms with Crippen molar-refractivity contribution in [3.8, 4) is 11.5 Å². The highest BCUT2D eigenvalue weighted by molar-refractivity contribution is 5.95. The summed E-state index contributed by atoms with van der Waals surface area (Å²) in [5.74, 6) is 1.49. The molecule has 5 nitrogen and oxygen atoms in total. The number of carbonyl (C=O) groups is 1. The van der Waals surface area contributed by atoms with Crippen LogP contribution in [0.4, 0.5) is 0 Å². The molecule has 0 aliphatic carbocycles. The van der Waals surface area contributed by atoms with Crippen LogP contribution in [0.15, 0.2) is 18.2 Å². The molecule has 1 aromatic carbocycles. The SMILES string of the molecule is CCCN1CCN(C(=O)c2ccc3c(c2)OCCO3)CC1. The molecule has 0 aromatic heterocycles. The number of ether oxygens (including phenoxy) is 2. The van der Waals surface area contributed by atoms with Crippen molar-refractivity contribution in [3.05, 3.63) is 23.8 Å². The molecule has 1 fully saturated rings. The number of hydrogen-bond acceptors (Lipinski definition) is 4. The van der Waals surface area contributed by atoms with E-state index in [1.54, 1.807) is 6.07 Å². The lowest BCUT2D eigenvalue weighted by Gasteiger charge is -2.34. The average molecular weight is 290 g/mol. The molecule has 3 rings (SSSR count). The van der Waals surface area contributed by atoms with Gasteiger partial charge in [0.1, 0.15) is 13.2 Å². The third-order valence-electron chi connectivity index (χ3n) is 3.99. The van der Waals surface area contributed by atoms with Crippen molar-refractivity contribution in [2.24, 2.45) is 0 Å². The van der Waals surface area contributed by atoms with Crippen molar-refractivity contribution in [1.82, 2.24) is 9.80 Å². The van der Waals surface area contributed by atoms with E-state index in [2.05, 4.69) is 11.8 Å². The minimum absolute atomic E-state index is 0.0862. The molecule has 0 atom stereocenters. The van der Waals surface area contributed by atoms with Crippen LogP contribution in [-0.2, 0) is 0 Å². The lowest BCUT2D eigenvalue weighted by molar-refractivity contribution is 0.0636. The Kier molecular flexibility index (Phi) is 4.29. The van der Waals surface area contributed by atoms with Crippen LogP contribution >= 0.6 is 0 Å². The molecule has 0 unspecified atom stereocenters. The van der Waals surface area contributed by atoms with Crippen LogP contribution in [0.1, 0.15) is 23.7 Å². The molecular weight excluding hydrogens is 268 g/mol. The number of rotatable bonds is 3. The van der Waals surface area contributed by atoms with E-state index in [1.807, 2.05) is 17.0 Å². The fourth-order valence-electron chi connectivity index (χ4n) is 2.85. The van der Waals surface area contributed by atoms with Crippen LogP contribution in [0.5, 0.6) is 11.5 Å². The first-order chi connectivity index (χ1) is 10.3. The maximum Gasteiger partial charge on any atom is 0.254 e. The van der Waals surface area contributed by atoms with Gasteiger partial charge in [0.15, 0.2) is 11.5 Å². The summed E-state index contributed by atoms with van der Waals surface area (Å²) >= 11 is 0. The van der Waals surface area contributed by atoms with Gasteiger partial charge in [0.05, 0.1) is 0 Å². The number of piperazine rings is 1. The smallest absolute Gasteiger partial charge is 0.254 e. The van der Waals surface area contributed by atoms with Crippen LogP contribution < -0.4 is 9.47 Å². The molecule has 2 heterocycles. The first kappa shape index (κ1) is 14.2. The Balaban J connectivity index is 1.66. The van der Waals surface area contributed by atoms with Gasteiger partial charge in [-0.1, -0.05) is 6.92 Å². The second kappa shape index (κ2) is 6.35. The Hall–Kier alpha value is -1.75. The quantitative estimate of drug-likeness (QED) is 0.848. The second-order valence-electron chi connectivity index (χ2n) is 5.49. The first-order valence-corrected chi connectivity index (χ1v) is 7.69. The Morgan fingerprint density at radius 2 is 1.81 bits per heavy atom. The van der Waals surface area contributed by atoms with Crippen molar-refractivity contribution in [2.75, 3.05) is 45.9 Å². The van der Waals surface area contributed by atoms with Gasteiger partial charge in [-0.15, -0.1) is 0 Å². The zero-order valence-electron chi connectivity index (χ0n) is 12.5. The number of benzene rings is 1. The Morgan fingerprint density at radius 1 is 1.10 bits per heavy atom. The van der Waals surface area contributed by atoms with Crippen LogP contribution in [0.2, 0.25) is 0 Å². The van der Waals surface area contributed by atoms with Crippen molar-refractivity contribution < 1.29 is 14.3 Å².